The van der Waals surface area contributed by atoms with Gasteiger partial charge < -0.3 is 23.6 Å². The Kier molecular flexibility index (Phi) is 7.79. The maximum Gasteiger partial charge on any atom is 0.254 e. The van der Waals surface area contributed by atoms with Crippen molar-refractivity contribution in [3.8, 4) is 17.2 Å². The van der Waals surface area contributed by atoms with Crippen molar-refractivity contribution in [2.75, 3.05) is 46.0 Å². The van der Waals surface area contributed by atoms with Crippen molar-refractivity contribution in [1.82, 2.24) is 15.0 Å². The largest absolute Gasteiger partial charge is 0.490 e. The van der Waals surface area contributed by atoms with Crippen LogP contribution >= 0.6 is 0 Å². The van der Waals surface area contributed by atoms with Crippen LogP contribution in [0.15, 0.2) is 16.7 Å². The van der Waals surface area contributed by atoms with Gasteiger partial charge in [-0.1, -0.05) is 5.16 Å². The first-order valence-corrected chi connectivity index (χ1v) is 11.0. The van der Waals surface area contributed by atoms with E-state index in [0.717, 1.165) is 36.7 Å². The summed E-state index contributed by atoms with van der Waals surface area (Å²) in [5, 5.41) is 4.03. The lowest BCUT2D eigenvalue weighted by molar-refractivity contribution is 0.0626. The third-order valence-corrected chi connectivity index (χ3v) is 5.38. The monoisotopic (exact) mass is 431 g/mol. The van der Waals surface area contributed by atoms with Gasteiger partial charge in [0, 0.05) is 43.9 Å². The number of carbonyl (C=O) groups excluding carboxylic acids is 1. The lowest BCUT2D eigenvalue weighted by Crippen LogP contribution is -2.48. The van der Waals surface area contributed by atoms with Crippen LogP contribution in [0, 0.1) is 13.8 Å². The summed E-state index contributed by atoms with van der Waals surface area (Å²) >= 11 is 0. The van der Waals surface area contributed by atoms with Crippen LogP contribution in [0.5, 0.6) is 17.2 Å². The number of ether oxygens (including phenoxy) is 3. The van der Waals surface area contributed by atoms with Crippen LogP contribution in [0.2, 0.25) is 0 Å². The molecule has 8 nitrogen and oxygen atoms in total. The normalized spacial score (nSPS) is 14.5. The highest BCUT2D eigenvalue weighted by molar-refractivity contribution is 5.95. The van der Waals surface area contributed by atoms with Crippen molar-refractivity contribution in [3.63, 3.8) is 0 Å². The summed E-state index contributed by atoms with van der Waals surface area (Å²) in [5.74, 6) is 2.46. The smallest absolute Gasteiger partial charge is 0.254 e. The average molecular weight is 432 g/mol. The molecule has 0 bridgehead atoms. The molecule has 8 heteroatoms. The number of rotatable bonds is 9. The Balaban J connectivity index is 1.72. The van der Waals surface area contributed by atoms with E-state index in [1.807, 2.05) is 39.5 Å². The minimum Gasteiger partial charge on any atom is -0.490 e. The molecule has 1 aliphatic heterocycles. The summed E-state index contributed by atoms with van der Waals surface area (Å²) in [4.78, 5) is 17.4. The van der Waals surface area contributed by atoms with Crippen molar-refractivity contribution < 1.29 is 23.5 Å². The van der Waals surface area contributed by atoms with E-state index in [-0.39, 0.29) is 5.91 Å². The molecule has 0 unspecified atom stereocenters. The number of aromatic nitrogens is 1. The Bertz CT molecular complexity index is 841. The van der Waals surface area contributed by atoms with Crippen LogP contribution in [0.4, 0.5) is 0 Å². The van der Waals surface area contributed by atoms with Crippen molar-refractivity contribution in [3.05, 3.63) is 34.7 Å². The maximum absolute atomic E-state index is 13.2. The molecular weight excluding hydrogens is 398 g/mol. The van der Waals surface area contributed by atoms with Gasteiger partial charge in [-0.3, -0.25) is 9.69 Å². The number of hydrogen-bond donors (Lipinski definition) is 0. The van der Waals surface area contributed by atoms with Crippen LogP contribution in [0.3, 0.4) is 0 Å². The standard InChI is InChI=1S/C23H33N3O5/c1-6-28-20-13-18(14-21(29-7-2)22(20)30-8-3)23(27)26-11-9-25(10-12-26)15-19-16(4)24-31-17(19)5/h13-14H,6-12,15H2,1-5H3. The van der Waals surface area contributed by atoms with E-state index in [0.29, 0.717) is 55.7 Å². The molecule has 0 saturated carbocycles. The maximum atomic E-state index is 13.2. The third kappa shape index (κ3) is 5.31. The molecule has 1 fully saturated rings. The highest BCUT2D eigenvalue weighted by Crippen LogP contribution is 2.39. The predicted octanol–water partition coefficient (Wildman–Crippen LogP) is 3.45. The Morgan fingerprint density at radius 2 is 1.55 bits per heavy atom. The van der Waals surface area contributed by atoms with Gasteiger partial charge in [0.2, 0.25) is 5.75 Å². The van der Waals surface area contributed by atoms with Gasteiger partial charge in [0.1, 0.15) is 5.76 Å². The minimum atomic E-state index is -0.0260. The molecule has 2 heterocycles. The Hall–Kier alpha value is -2.74. The molecule has 1 aromatic heterocycles. The molecule has 1 saturated heterocycles. The summed E-state index contributed by atoms with van der Waals surface area (Å²) in [6.45, 7) is 14.7. The zero-order valence-electron chi connectivity index (χ0n) is 19.2. The molecule has 0 aliphatic carbocycles. The number of piperazine rings is 1. The summed E-state index contributed by atoms with van der Waals surface area (Å²) in [7, 11) is 0. The predicted molar refractivity (Wildman–Crippen MR) is 117 cm³/mol. The Morgan fingerprint density at radius 3 is 2.03 bits per heavy atom. The van der Waals surface area contributed by atoms with Gasteiger partial charge in [0.05, 0.1) is 25.5 Å². The number of benzene rings is 1. The fourth-order valence-electron chi connectivity index (χ4n) is 3.76. The quantitative estimate of drug-likeness (QED) is 0.602. The number of amides is 1. The molecule has 2 aromatic rings. The second-order valence-electron chi connectivity index (χ2n) is 7.47. The van der Waals surface area contributed by atoms with Gasteiger partial charge in [0.15, 0.2) is 11.5 Å². The fraction of sp³-hybridized carbons (Fsp3) is 0.565. The van der Waals surface area contributed by atoms with Gasteiger partial charge in [-0.25, -0.2) is 0 Å². The molecule has 1 aliphatic rings. The van der Waals surface area contributed by atoms with E-state index in [9.17, 15) is 4.79 Å². The lowest BCUT2D eigenvalue weighted by atomic mass is 10.1. The van der Waals surface area contributed by atoms with E-state index < -0.39 is 0 Å². The molecule has 1 aromatic carbocycles. The molecule has 31 heavy (non-hydrogen) atoms. The molecule has 0 spiro atoms. The summed E-state index contributed by atoms with van der Waals surface area (Å²) < 4.78 is 22.5. The first-order valence-electron chi connectivity index (χ1n) is 11.0. The van der Waals surface area contributed by atoms with Gasteiger partial charge >= 0.3 is 0 Å². The van der Waals surface area contributed by atoms with Crippen LogP contribution in [0.25, 0.3) is 0 Å². The molecule has 0 atom stereocenters. The van der Waals surface area contributed by atoms with Crippen molar-refractivity contribution >= 4 is 5.91 Å². The minimum absolute atomic E-state index is 0.0260. The van der Waals surface area contributed by atoms with Gasteiger partial charge in [-0.15, -0.1) is 0 Å². The average Bonchev–Trinajstić information content (AvgIpc) is 3.08. The SMILES string of the molecule is CCOc1cc(C(=O)N2CCN(Cc3c(C)noc3C)CC2)cc(OCC)c1OCC. The molecule has 170 valence electrons. The second kappa shape index (κ2) is 10.5. The van der Waals surface area contributed by atoms with Crippen molar-refractivity contribution in [2.24, 2.45) is 0 Å². The zero-order valence-corrected chi connectivity index (χ0v) is 19.2. The van der Waals surface area contributed by atoms with Crippen LogP contribution in [-0.4, -0.2) is 66.9 Å². The number of hydrogen-bond acceptors (Lipinski definition) is 7. The fourth-order valence-corrected chi connectivity index (χ4v) is 3.76. The topological polar surface area (TPSA) is 77.3 Å². The number of aryl methyl sites for hydroxylation is 2. The number of nitrogens with zero attached hydrogens (tertiary/aromatic N) is 3. The summed E-state index contributed by atoms with van der Waals surface area (Å²) in [6.07, 6.45) is 0. The lowest BCUT2D eigenvalue weighted by Gasteiger charge is -2.34. The van der Waals surface area contributed by atoms with Crippen LogP contribution < -0.4 is 14.2 Å². The Labute approximate surface area is 184 Å². The first-order chi connectivity index (χ1) is 15.0. The van der Waals surface area contributed by atoms with E-state index in [1.165, 1.54) is 0 Å². The van der Waals surface area contributed by atoms with Crippen molar-refractivity contribution in [2.45, 2.75) is 41.2 Å². The molecule has 1 amide bonds. The molecule has 3 rings (SSSR count). The van der Waals surface area contributed by atoms with Gasteiger partial charge in [-0.2, -0.15) is 0 Å². The second-order valence-corrected chi connectivity index (χ2v) is 7.47. The van der Waals surface area contributed by atoms with E-state index in [1.54, 1.807) is 12.1 Å². The van der Waals surface area contributed by atoms with Crippen LogP contribution in [0.1, 0.15) is 48.1 Å². The first kappa shape index (κ1) is 22.9. The van der Waals surface area contributed by atoms with E-state index >= 15 is 0 Å². The van der Waals surface area contributed by atoms with E-state index in [2.05, 4.69) is 10.1 Å². The van der Waals surface area contributed by atoms with Crippen molar-refractivity contribution in [1.29, 1.82) is 0 Å². The van der Waals surface area contributed by atoms with E-state index in [4.69, 9.17) is 18.7 Å². The summed E-state index contributed by atoms with van der Waals surface area (Å²) in [6, 6.07) is 3.52. The van der Waals surface area contributed by atoms with Gasteiger partial charge in [-0.05, 0) is 46.8 Å². The molecule has 0 radical (unpaired) electrons. The number of carbonyl (C=O) groups is 1. The third-order valence-electron chi connectivity index (χ3n) is 5.38. The zero-order chi connectivity index (χ0) is 22.4. The molecular formula is C23H33N3O5. The highest BCUT2D eigenvalue weighted by Gasteiger charge is 2.26. The highest BCUT2D eigenvalue weighted by atomic mass is 16.5. The van der Waals surface area contributed by atoms with Crippen LogP contribution in [-0.2, 0) is 6.54 Å². The van der Waals surface area contributed by atoms with Gasteiger partial charge in [0.25, 0.3) is 5.91 Å². The Morgan fingerprint density at radius 1 is 0.968 bits per heavy atom. The molecule has 0 N–H and O–H groups in total. The summed E-state index contributed by atoms with van der Waals surface area (Å²) in [5.41, 5.74) is 2.61.